The molecule has 7 heteroatoms. The Kier molecular flexibility index (Phi) is 4.12. The third kappa shape index (κ3) is 3.10. The van der Waals surface area contributed by atoms with E-state index in [0.29, 0.717) is 25.2 Å². The largest absolute Gasteiger partial charge is 0.391 e. The lowest BCUT2D eigenvalue weighted by molar-refractivity contribution is -0.130. The number of carbonyl (C=O) groups excluding carboxylic acids is 1. The second-order valence-electron chi connectivity index (χ2n) is 6.20. The number of aryl methyl sites for hydroxylation is 1. The van der Waals surface area contributed by atoms with Crippen LogP contribution in [0.3, 0.4) is 0 Å². The van der Waals surface area contributed by atoms with Crippen molar-refractivity contribution in [3.8, 4) is 0 Å². The highest BCUT2D eigenvalue weighted by atomic mass is 16.3. The van der Waals surface area contributed by atoms with Gasteiger partial charge in [-0.2, -0.15) is 0 Å². The van der Waals surface area contributed by atoms with E-state index in [4.69, 9.17) is 0 Å². The number of anilines is 1. The van der Waals surface area contributed by atoms with E-state index in [1.165, 1.54) is 0 Å². The molecule has 0 bridgehead atoms. The summed E-state index contributed by atoms with van der Waals surface area (Å²) in [5, 5.41) is 10.3. The van der Waals surface area contributed by atoms with Crippen LogP contribution in [0.5, 0.6) is 0 Å². The Labute approximate surface area is 135 Å². The summed E-state index contributed by atoms with van der Waals surface area (Å²) in [6, 6.07) is 3.71. The highest BCUT2D eigenvalue weighted by molar-refractivity contribution is 5.76. The number of carbonyl (C=O) groups is 1. The fourth-order valence-electron chi connectivity index (χ4n) is 2.91. The number of hydrogen-bond acceptors (Lipinski definition) is 6. The van der Waals surface area contributed by atoms with Crippen LogP contribution in [0.15, 0.2) is 18.3 Å². The van der Waals surface area contributed by atoms with Gasteiger partial charge in [0, 0.05) is 45.7 Å². The minimum absolute atomic E-state index is 0.0267. The Hall–Kier alpha value is -2.28. The van der Waals surface area contributed by atoms with Crippen molar-refractivity contribution in [3.63, 3.8) is 0 Å². The molecule has 0 aliphatic carbocycles. The van der Waals surface area contributed by atoms with Gasteiger partial charge < -0.3 is 14.9 Å². The molecule has 2 atom stereocenters. The summed E-state index contributed by atoms with van der Waals surface area (Å²) in [6.07, 6.45) is 1.48. The van der Waals surface area contributed by atoms with Crippen LogP contribution < -0.4 is 4.90 Å². The molecule has 0 unspecified atom stereocenters. The number of aliphatic hydroxyl groups is 1. The zero-order chi connectivity index (χ0) is 16.6. The molecule has 1 saturated heterocycles. The summed E-state index contributed by atoms with van der Waals surface area (Å²) in [4.78, 5) is 28.8. The van der Waals surface area contributed by atoms with E-state index in [9.17, 15) is 9.90 Å². The number of amides is 1. The highest BCUT2D eigenvalue weighted by Gasteiger charge is 2.34. The van der Waals surface area contributed by atoms with E-state index in [1.807, 2.05) is 24.0 Å². The van der Waals surface area contributed by atoms with Gasteiger partial charge in [-0.1, -0.05) is 0 Å². The SMILES string of the molecule is Cc1nc2cccnc2nc1N1C[C@@H](CC(=O)N(C)C)[C@H](O)C1. The van der Waals surface area contributed by atoms with Gasteiger partial charge in [-0.25, -0.2) is 15.0 Å². The van der Waals surface area contributed by atoms with Gasteiger partial charge in [-0.05, 0) is 19.1 Å². The Bertz CT molecular complexity index is 733. The second-order valence-corrected chi connectivity index (χ2v) is 6.20. The van der Waals surface area contributed by atoms with Gasteiger partial charge in [0.05, 0.1) is 11.8 Å². The molecule has 1 fully saturated rings. The number of rotatable bonds is 3. The molecule has 0 radical (unpaired) electrons. The molecule has 3 heterocycles. The fourth-order valence-corrected chi connectivity index (χ4v) is 2.91. The molecule has 2 aromatic rings. The molecule has 1 aliphatic heterocycles. The van der Waals surface area contributed by atoms with Gasteiger partial charge >= 0.3 is 0 Å². The first kappa shape index (κ1) is 15.6. The number of β-amino-alcohol motifs (C(OH)–C–C–N with tert-alkyl or cyclic N) is 1. The Morgan fingerprint density at radius 2 is 2.17 bits per heavy atom. The van der Waals surface area contributed by atoms with Gasteiger partial charge in [-0.3, -0.25) is 4.79 Å². The van der Waals surface area contributed by atoms with Crippen LogP contribution in [0.2, 0.25) is 0 Å². The molecule has 3 rings (SSSR count). The summed E-state index contributed by atoms with van der Waals surface area (Å²) < 4.78 is 0. The maximum absolute atomic E-state index is 11.9. The molecule has 0 saturated carbocycles. The fraction of sp³-hybridized carbons (Fsp3) is 0.500. The molecule has 2 aromatic heterocycles. The normalized spacial score (nSPS) is 21.0. The van der Waals surface area contributed by atoms with Crippen molar-refractivity contribution in [1.82, 2.24) is 19.9 Å². The Morgan fingerprint density at radius 1 is 1.39 bits per heavy atom. The number of pyridine rings is 1. The van der Waals surface area contributed by atoms with E-state index in [2.05, 4.69) is 15.0 Å². The van der Waals surface area contributed by atoms with Crippen LogP contribution >= 0.6 is 0 Å². The van der Waals surface area contributed by atoms with Gasteiger partial charge in [0.1, 0.15) is 5.52 Å². The van der Waals surface area contributed by atoms with E-state index >= 15 is 0 Å². The maximum Gasteiger partial charge on any atom is 0.222 e. The standard InChI is InChI=1S/C16H21N5O2/c1-10-16(19-15-12(18-10)5-4-6-17-15)21-8-11(13(22)9-21)7-14(23)20(2)3/h4-6,11,13,22H,7-9H2,1-3H3/t11-,13-/m1/s1. The van der Waals surface area contributed by atoms with Crippen LogP contribution in [0.1, 0.15) is 12.1 Å². The van der Waals surface area contributed by atoms with Crippen LogP contribution in [0.4, 0.5) is 5.82 Å². The molecule has 7 nitrogen and oxygen atoms in total. The van der Waals surface area contributed by atoms with E-state index in [0.717, 1.165) is 17.0 Å². The lowest BCUT2D eigenvalue weighted by atomic mass is 10.0. The lowest BCUT2D eigenvalue weighted by Crippen LogP contribution is -2.28. The molecule has 0 spiro atoms. The lowest BCUT2D eigenvalue weighted by Gasteiger charge is -2.19. The molecule has 122 valence electrons. The first-order valence-corrected chi connectivity index (χ1v) is 7.68. The van der Waals surface area contributed by atoms with Crippen molar-refractivity contribution < 1.29 is 9.90 Å². The van der Waals surface area contributed by atoms with Gasteiger partial charge in [-0.15, -0.1) is 0 Å². The van der Waals surface area contributed by atoms with Crippen LogP contribution in [-0.2, 0) is 4.79 Å². The zero-order valence-electron chi connectivity index (χ0n) is 13.6. The van der Waals surface area contributed by atoms with Crippen molar-refractivity contribution in [2.75, 3.05) is 32.1 Å². The van der Waals surface area contributed by atoms with Crippen molar-refractivity contribution in [2.24, 2.45) is 5.92 Å². The zero-order valence-corrected chi connectivity index (χ0v) is 13.6. The summed E-state index contributed by atoms with van der Waals surface area (Å²) in [7, 11) is 3.46. The van der Waals surface area contributed by atoms with Gasteiger partial charge in [0.15, 0.2) is 11.5 Å². The smallest absolute Gasteiger partial charge is 0.222 e. The summed E-state index contributed by atoms with van der Waals surface area (Å²) >= 11 is 0. The topological polar surface area (TPSA) is 82.5 Å². The van der Waals surface area contributed by atoms with E-state index in [1.54, 1.807) is 25.2 Å². The first-order chi connectivity index (χ1) is 11.0. The van der Waals surface area contributed by atoms with Crippen molar-refractivity contribution in [1.29, 1.82) is 0 Å². The summed E-state index contributed by atoms with van der Waals surface area (Å²) in [6.45, 7) is 2.95. The minimum atomic E-state index is -0.542. The predicted octanol–water partition coefficient (Wildman–Crippen LogP) is 0.609. The second kappa shape index (κ2) is 6.08. The molecule has 1 N–H and O–H groups in total. The average molecular weight is 315 g/mol. The van der Waals surface area contributed by atoms with Crippen molar-refractivity contribution in [2.45, 2.75) is 19.4 Å². The average Bonchev–Trinajstić information content (AvgIpc) is 2.87. The van der Waals surface area contributed by atoms with Gasteiger partial charge in [0.25, 0.3) is 0 Å². The Balaban J connectivity index is 1.83. The third-order valence-electron chi connectivity index (χ3n) is 4.23. The summed E-state index contributed by atoms with van der Waals surface area (Å²) in [5.41, 5.74) is 2.15. The third-order valence-corrected chi connectivity index (χ3v) is 4.23. The highest BCUT2D eigenvalue weighted by Crippen LogP contribution is 2.27. The van der Waals surface area contributed by atoms with E-state index < -0.39 is 6.10 Å². The number of hydrogen-bond donors (Lipinski definition) is 1. The number of aromatic nitrogens is 3. The molecule has 1 aliphatic rings. The monoisotopic (exact) mass is 315 g/mol. The number of nitrogens with zero attached hydrogens (tertiary/aromatic N) is 5. The van der Waals surface area contributed by atoms with Crippen LogP contribution in [0, 0.1) is 12.8 Å². The van der Waals surface area contributed by atoms with Crippen molar-refractivity contribution in [3.05, 3.63) is 24.0 Å². The summed E-state index contributed by atoms with van der Waals surface area (Å²) in [5.74, 6) is 0.666. The predicted molar refractivity (Wildman–Crippen MR) is 87.1 cm³/mol. The molecule has 0 aromatic carbocycles. The minimum Gasteiger partial charge on any atom is -0.391 e. The van der Waals surface area contributed by atoms with Crippen LogP contribution in [-0.4, -0.2) is 64.2 Å². The van der Waals surface area contributed by atoms with E-state index in [-0.39, 0.29) is 11.8 Å². The molecular formula is C16H21N5O2. The Morgan fingerprint density at radius 3 is 2.91 bits per heavy atom. The molecular weight excluding hydrogens is 294 g/mol. The number of fused-ring (bicyclic) bond motifs is 1. The van der Waals surface area contributed by atoms with Crippen molar-refractivity contribution >= 4 is 22.9 Å². The maximum atomic E-state index is 11.9. The molecule has 23 heavy (non-hydrogen) atoms. The van der Waals surface area contributed by atoms with Crippen LogP contribution in [0.25, 0.3) is 11.2 Å². The van der Waals surface area contributed by atoms with Gasteiger partial charge in [0.2, 0.25) is 5.91 Å². The molecule has 1 amide bonds. The first-order valence-electron chi connectivity index (χ1n) is 7.68. The number of aliphatic hydroxyl groups excluding tert-OH is 1. The quantitative estimate of drug-likeness (QED) is 0.893.